The predicted octanol–water partition coefficient (Wildman–Crippen LogP) is 5.19. The second kappa shape index (κ2) is 13.2. The first-order chi connectivity index (χ1) is 17.3. The van der Waals surface area contributed by atoms with Crippen LogP contribution in [-0.4, -0.2) is 49.4 Å². The molecule has 3 aromatic rings. The molecule has 0 aliphatic carbocycles. The van der Waals surface area contributed by atoms with Crippen LogP contribution in [0.15, 0.2) is 65.6 Å². The maximum Gasteiger partial charge on any atom is 0.317 e. The first-order valence-electron chi connectivity index (χ1n) is 11.2. The van der Waals surface area contributed by atoms with Crippen molar-refractivity contribution < 1.29 is 33.0 Å². The van der Waals surface area contributed by atoms with E-state index in [4.69, 9.17) is 14.6 Å². The topological polar surface area (TPSA) is 84.9 Å². The van der Waals surface area contributed by atoms with Crippen LogP contribution < -0.4 is 10.1 Å². The molecule has 3 aromatic carbocycles. The van der Waals surface area contributed by atoms with Gasteiger partial charge in [-0.1, -0.05) is 30.3 Å². The number of rotatable bonds is 13. The van der Waals surface area contributed by atoms with E-state index in [0.29, 0.717) is 34.8 Å². The summed E-state index contributed by atoms with van der Waals surface area (Å²) >= 11 is 1.33. The summed E-state index contributed by atoms with van der Waals surface area (Å²) in [4.78, 5) is 24.5. The number of carboxylic acid groups (broad SMARTS) is 1. The molecule has 0 aromatic heterocycles. The number of carbonyl (C=O) groups excluding carboxylic acids is 1. The number of ether oxygens (including phenoxy) is 2. The van der Waals surface area contributed by atoms with E-state index in [1.54, 1.807) is 48.7 Å². The molecule has 0 saturated heterocycles. The Balaban J connectivity index is 1.68. The van der Waals surface area contributed by atoms with Crippen LogP contribution in [-0.2, 0) is 16.1 Å². The fraction of sp³-hybridized carbons (Fsp3) is 0.259. The molecule has 6 nitrogen and oxygen atoms in total. The Labute approximate surface area is 212 Å². The highest BCUT2D eigenvalue weighted by atomic mass is 32.2. The van der Waals surface area contributed by atoms with Crippen molar-refractivity contribution in [3.8, 4) is 16.9 Å². The third-order valence-electron chi connectivity index (χ3n) is 5.45. The smallest absolute Gasteiger partial charge is 0.317 e. The number of carboxylic acids is 1. The van der Waals surface area contributed by atoms with E-state index in [1.807, 2.05) is 6.07 Å². The maximum atomic E-state index is 13.8. The zero-order valence-corrected chi connectivity index (χ0v) is 20.7. The molecule has 0 fully saturated rings. The standard InChI is InChI=1S/C27H27F2NO5S/c1-34-11-10-24(30-15-26(31)32)27(33)19-5-3-4-17(12-19)16-35-20-8-6-18(7-9-20)21-13-22(28)23(29)14-25(21)36-2/h3-9,12-14,24,30H,10-11,15-16H2,1-2H3,(H,31,32). The van der Waals surface area contributed by atoms with Crippen LogP contribution in [0.3, 0.4) is 0 Å². The van der Waals surface area contributed by atoms with Gasteiger partial charge in [-0.2, -0.15) is 0 Å². The molecule has 1 unspecified atom stereocenters. The molecule has 2 N–H and O–H groups in total. The number of nitrogens with one attached hydrogen (secondary N) is 1. The van der Waals surface area contributed by atoms with Gasteiger partial charge < -0.3 is 14.6 Å². The highest BCUT2D eigenvalue weighted by molar-refractivity contribution is 7.98. The number of benzene rings is 3. The lowest BCUT2D eigenvalue weighted by molar-refractivity contribution is -0.136. The van der Waals surface area contributed by atoms with Crippen molar-refractivity contribution >= 4 is 23.5 Å². The van der Waals surface area contributed by atoms with Crippen molar-refractivity contribution in [2.45, 2.75) is 24.0 Å². The number of hydrogen-bond donors (Lipinski definition) is 2. The summed E-state index contributed by atoms with van der Waals surface area (Å²) in [5.74, 6) is -2.49. The number of thioether (sulfide) groups is 1. The van der Waals surface area contributed by atoms with Crippen molar-refractivity contribution in [3.63, 3.8) is 0 Å². The van der Waals surface area contributed by atoms with Crippen LogP contribution >= 0.6 is 11.8 Å². The molecule has 0 heterocycles. The zero-order valence-electron chi connectivity index (χ0n) is 19.9. The van der Waals surface area contributed by atoms with Crippen molar-refractivity contribution in [3.05, 3.63) is 83.4 Å². The number of hydrogen-bond acceptors (Lipinski definition) is 6. The molecule has 0 spiro atoms. The Kier molecular flexibility index (Phi) is 9.98. The van der Waals surface area contributed by atoms with Gasteiger partial charge in [0.1, 0.15) is 12.4 Å². The van der Waals surface area contributed by atoms with Gasteiger partial charge in [0.25, 0.3) is 0 Å². The lowest BCUT2D eigenvalue weighted by Gasteiger charge is -2.17. The van der Waals surface area contributed by atoms with Crippen LogP contribution in [0.1, 0.15) is 22.3 Å². The van der Waals surface area contributed by atoms with Crippen LogP contribution in [0.25, 0.3) is 11.1 Å². The summed E-state index contributed by atoms with van der Waals surface area (Å²) in [5.41, 5.74) is 2.53. The van der Waals surface area contributed by atoms with Gasteiger partial charge in [0.05, 0.1) is 12.6 Å². The summed E-state index contributed by atoms with van der Waals surface area (Å²) in [7, 11) is 1.52. The molecular weight excluding hydrogens is 488 g/mol. The van der Waals surface area contributed by atoms with Crippen molar-refractivity contribution in [2.75, 3.05) is 26.5 Å². The number of ketones is 1. The van der Waals surface area contributed by atoms with Gasteiger partial charge in [-0.25, -0.2) is 8.78 Å². The minimum absolute atomic E-state index is 0.201. The van der Waals surface area contributed by atoms with Crippen LogP contribution in [0.5, 0.6) is 5.75 Å². The normalized spacial score (nSPS) is 11.8. The van der Waals surface area contributed by atoms with E-state index in [9.17, 15) is 18.4 Å². The second-order valence-corrected chi connectivity index (χ2v) is 8.80. The fourth-order valence-corrected chi connectivity index (χ4v) is 4.23. The molecule has 36 heavy (non-hydrogen) atoms. The third kappa shape index (κ3) is 7.36. The predicted molar refractivity (Wildman–Crippen MR) is 135 cm³/mol. The molecule has 1 atom stereocenters. The quantitative estimate of drug-likeness (QED) is 0.239. The Morgan fingerprint density at radius 3 is 2.44 bits per heavy atom. The van der Waals surface area contributed by atoms with Gasteiger partial charge >= 0.3 is 5.97 Å². The van der Waals surface area contributed by atoms with Gasteiger partial charge in [-0.15, -0.1) is 11.8 Å². The Bertz CT molecular complexity index is 1200. The summed E-state index contributed by atoms with van der Waals surface area (Å²) < 4.78 is 38.3. The van der Waals surface area contributed by atoms with Gasteiger partial charge in [-0.05, 0) is 59.7 Å². The minimum Gasteiger partial charge on any atom is -0.489 e. The third-order valence-corrected chi connectivity index (χ3v) is 6.23. The number of aliphatic carboxylic acids is 1. The highest BCUT2D eigenvalue weighted by Crippen LogP contribution is 2.33. The average molecular weight is 516 g/mol. The number of carbonyl (C=O) groups is 2. The second-order valence-electron chi connectivity index (χ2n) is 7.95. The SMILES string of the molecule is COCCC(NCC(=O)O)C(=O)c1cccc(COc2ccc(-c3cc(F)c(F)cc3SC)cc2)c1. The summed E-state index contributed by atoms with van der Waals surface area (Å²) in [6.45, 7) is 0.180. The van der Waals surface area contributed by atoms with Crippen molar-refractivity contribution in [1.29, 1.82) is 0 Å². The Hall–Kier alpha value is -3.27. The van der Waals surface area contributed by atoms with E-state index >= 15 is 0 Å². The zero-order chi connectivity index (χ0) is 26.1. The molecule has 0 saturated carbocycles. The first kappa shape index (κ1) is 27.3. The van der Waals surface area contributed by atoms with Gasteiger partial charge in [-0.3, -0.25) is 14.9 Å². The van der Waals surface area contributed by atoms with E-state index in [0.717, 1.165) is 11.1 Å². The van der Waals surface area contributed by atoms with E-state index in [1.165, 1.54) is 31.0 Å². The molecule has 0 radical (unpaired) electrons. The molecule has 0 bridgehead atoms. The highest BCUT2D eigenvalue weighted by Gasteiger charge is 2.20. The van der Waals surface area contributed by atoms with Crippen LogP contribution in [0, 0.1) is 11.6 Å². The fourth-order valence-electron chi connectivity index (χ4n) is 3.61. The first-order valence-corrected chi connectivity index (χ1v) is 12.4. The summed E-state index contributed by atoms with van der Waals surface area (Å²) in [6.07, 6.45) is 2.14. The minimum atomic E-state index is -1.05. The molecule has 0 aliphatic heterocycles. The van der Waals surface area contributed by atoms with Gasteiger partial charge in [0.15, 0.2) is 17.4 Å². The summed E-state index contributed by atoms with van der Waals surface area (Å²) in [6, 6.07) is 15.7. The molecular formula is C27H27F2NO5S. The number of halogens is 2. The van der Waals surface area contributed by atoms with Crippen LogP contribution in [0.4, 0.5) is 8.78 Å². The lowest BCUT2D eigenvalue weighted by Crippen LogP contribution is -2.40. The largest absolute Gasteiger partial charge is 0.489 e. The number of Topliss-reactive ketones (excluding diaryl/α,β-unsaturated/α-hetero) is 1. The van der Waals surface area contributed by atoms with E-state index < -0.39 is 23.6 Å². The van der Waals surface area contributed by atoms with Crippen molar-refractivity contribution in [1.82, 2.24) is 5.32 Å². The monoisotopic (exact) mass is 515 g/mol. The molecule has 9 heteroatoms. The van der Waals surface area contributed by atoms with Gasteiger partial charge in [0, 0.05) is 24.2 Å². The van der Waals surface area contributed by atoms with Gasteiger partial charge in [0.2, 0.25) is 0 Å². The maximum absolute atomic E-state index is 13.8. The van der Waals surface area contributed by atoms with Crippen LogP contribution in [0.2, 0.25) is 0 Å². The molecule has 3 rings (SSSR count). The summed E-state index contributed by atoms with van der Waals surface area (Å²) in [5, 5.41) is 11.7. The Morgan fingerprint density at radius 1 is 1.06 bits per heavy atom. The molecule has 0 amide bonds. The van der Waals surface area contributed by atoms with E-state index in [2.05, 4.69) is 5.32 Å². The average Bonchev–Trinajstić information content (AvgIpc) is 2.89. The van der Waals surface area contributed by atoms with Crippen molar-refractivity contribution in [2.24, 2.45) is 0 Å². The van der Waals surface area contributed by atoms with E-state index in [-0.39, 0.29) is 18.9 Å². The molecule has 190 valence electrons. The molecule has 0 aliphatic rings. The Morgan fingerprint density at radius 2 is 1.78 bits per heavy atom. The lowest BCUT2D eigenvalue weighted by atomic mass is 10.00. The number of methoxy groups -OCH3 is 1.